The Morgan fingerprint density at radius 3 is 2.30 bits per heavy atom. The standard InChI is InChI=1S/C20H32.3H2S/c1-14-12-20-11-8-16-18(2,3)9-5-10-19(16,4)17(20)7-6-15(14)13-20;;;/h8,11,14-17H,5-7,9-10,12-13H2,1-4H3;3*1H2/t14?,15?,16-,17+,19?,20-;;;/m1.../s1. The maximum absolute atomic E-state index is 2.73. The zero-order valence-corrected chi connectivity index (χ0v) is 18.4. The summed E-state index contributed by atoms with van der Waals surface area (Å²) in [6.07, 6.45) is 15.8. The van der Waals surface area contributed by atoms with Crippen molar-refractivity contribution in [2.45, 2.75) is 72.6 Å². The molecule has 0 radical (unpaired) electrons. The largest absolute Gasteiger partial charge is 0.197 e. The van der Waals surface area contributed by atoms with Crippen LogP contribution in [-0.4, -0.2) is 0 Å². The fourth-order valence-corrected chi connectivity index (χ4v) is 7.40. The molecule has 4 aliphatic rings. The van der Waals surface area contributed by atoms with Crippen LogP contribution in [0.15, 0.2) is 12.2 Å². The van der Waals surface area contributed by atoms with Gasteiger partial charge in [0, 0.05) is 0 Å². The van der Waals surface area contributed by atoms with Gasteiger partial charge in [-0.2, -0.15) is 40.5 Å². The molecule has 3 fully saturated rings. The van der Waals surface area contributed by atoms with Crippen LogP contribution in [0.2, 0.25) is 0 Å². The minimum atomic E-state index is 0. The molecule has 0 N–H and O–H groups in total. The molecule has 4 rings (SSSR count). The fraction of sp³-hybridized carbons (Fsp3) is 0.900. The second kappa shape index (κ2) is 6.83. The third kappa shape index (κ3) is 2.95. The van der Waals surface area contributed by atoms with Crippen molar-refractivity contribution in [3.05, 3.63) is 12.2 Å². The molecule has 1 spiro atoms. The van der Waals surface area contributed by atoms with Crippen LogP contribution < -0.4 is 0 Å². The minimum Gasteiger partial charge on any atom is -0.197 e. The van der Waals surface area contributed by atoms with Crippen molar-refractivity contribution in [1.82, 2.24) is 0 Å². The smallest absolute Gasteiger partial charge is 0.00791 e. The van der Waals surface area contributed by atoms with Crippen LogP contribution in [0.25, 0.3) is 0 Å². The van der Waals surface area contributed by atoms with Crippen LogP contribution in [0.3, 0.4) is 0 Å². The van der Waals surface area contributed by atoms with Crippen LogP contribution in [0, 0.1) is 39.9 Å². The van der Waals surface area contributed by atoms with E-state index in [4.69, 9.17) is 0 Å². The van der Waals surface area contributed by atoms with Crippen molar-refractivity contribution in [2.75, 3.05) is 0 Å². The second-order valence-corrected chi connectivity index (χ2v) is 9.69. The summed E-state index contributed by atoms with van der Waals surface area (Å²) in [4.78, 5) is 0. The zero-order chi connectivity index (χ0) is 14.2. The van der Waals surface area contributed by atoms with Gasteiger partial charge in [-0.15, -0.1) is 0 Å². The zero-order valence-electron chi connectivity index (χ0n) is 15.4. The van der Waals surface area contributed by atoms with Gasteiger partial charge >= 0.3 is 0 Å². The molecule has 0 saturated heterocycles. The molecule has 0 heterocycles. The van der Waals surface area contributed by atoms with Gasteiger partial charge in [0.2, 0.25) is 0 Å². The maximum atomic E-state index is 2.73. The van der Waals surface area contributed by atoms with Crippen molar-refractivity contribution in [3.63, 3.8) is 0 Å². The normalized spacial score (nSPS) is 48.9. The molecular formula is C20H38S3. The summed E-state index contributed by atoms with van der Waals surface area (Å²) in [7, 11) is 0. The average Bonchev–Trinajstić information content (AvgIpc) is 2.58. The predicted molar refractivity (Wildman–Crippen MR) is 117 cm³/mol. The van der Waals surface area contributed by atoms with Crippen molar-refractivity contribution in [2.24, 2.45) is 39.9 Å². The third-order valence-electron chi connectivity index (χ3n) is 8.17. The predicted octanol–water partition coefficient (Wildman–Crippen LogP) is 6.17. The Labute approximate surface area is 165 Å². The van der Waals surface area contributed by atoms with E-state index in [0.29, 0.717) is 16.2 Å². The molecule has 6 atom stereocenters. The van der Waals surface area contributed by atoms with Crippen molar-refractivity contribution in [3.8, 4) is 0 Å². The van der Waals surface area contributed by atoms with Gasteiger partial charge in [-0.05, 0) is 78.4 Å². The summed E-state index contributed by atoms with van der Waals surface area (Å²) >= 11 is 0. The quantitative estimate of drug-likeness (QED) is 0.445. The van der Waals surface area contributed by atoms with Gasteiger partial charge < -0.3 is 0 Å². The number of fused-ring (bicyclic) bond motifs is 3. The molecule has 0 aromatic heterocycles. The van der Waals surface area contributed by atoms with Gasteiger partial charge in [0.1, 0.15) is 0 Å². The van der Waals surface area contributed by atoms with E-state index in [2.05, 4.69) is 39.8 Å². The first-order valence-corrected chi connectivity index (χ1v) is 9.07. The molecule has 0 aromatic rings. The number of hydrogen-bond acceptors (Lipinski definition) is 0. The Kier molecular flexibility index (Phi) is 6.49. The monoisotopic (exact) mass is 374 g/mol. The molecule has 3 heteroatoms. The molecule has 2 bridgehead atoms. The highest BCUT2D eigenvalue weighted by atomic mass is 32.1. The number of allylic oxidation sites excluding steroid dienone is 2. The fourth-order valence-electron chi connectivity index (χ4n) is 7.40. The van der Waals surface area contributed by atoms with Crippen LogP contribution in [0.1, 0.15) is 72.6 Å². The molecule has 0 amide bonds. The van der Waals surface area contributed by atoms with E-state index in [0.717, 1.165) is 23.7 Å². The highest BCUT2D eigenvalue weighted by molar-refractivity contribution is 7.59. The van der Waals surface area contributed by atoms with E-state index in [1.807, 2.05) is 0 Å². The Morgan fingerprint density at radius 2 is 1.61 bits per heavy atom. The highest BCUT2D eigenvalue weighted by Crippen LogP contribution is 2.69. The van der Waals surface area contributed by atoms with Crippen LogP contribution >= 0.6 is 40.5 Å². The number of rotatable bonds is 0. The first kappa shape index (κ1) is 21.8. The lowest BCUT2D eigenvalue weighted by molar-refractivity contribution is -0.0785. The van der Waals surface area contributed by atoms with E-state index in [-0.39, 0.29) is 40.5 Å². The lowest BCUT2D eigenvalue weighted by Gasteiger charge is -2.61. The SMILES string of the molecule is CC1C[C@@]23C=C[C@@H]4C(C)(C)CCCC4(C)[C@@H]2CCC1C3.S.S.S. The van der Waals surface area contributed by atoms with E-state index in [1.54, 1.807) is 0 Å². The van der Waals surface area contributed by atoms with E-state index in [1.165, 1.54) is 44.9 Å². The van der Waals surface area contributed by atoms with Crippen LogP contribution in [0.5, 0.6) is 0 Å². The molecule has 3 saturated carbocycles. The first-order chi connectivity index (χ1) is 9.37. The molecular weight excluding hydrogens is 336 g/mol. The summed E-state index contributed by atoms with van der Waals surface area (Å²) in [6.45, 7) is 10.2. The summed E-state index contributed by atoms with van der Waals surface area (Å²) in [5.74, 6) is 3.81. The minimum absolute atomic E-state index is 0. The summed E-state index contributed by atoms with van der Waals surface area (Å²) in [5.41, 5.74) is 1.71. The molecule has 0 nitrogen and oxygen atoms in total. The Bertz CT molecular complexity index is 454. The first-order valence-electron chi connectivity index (χ1n) is 9.07. The van der Waals surface area contributed by atoms with E-state index < -0.39 is 0 Å². The maximum Gasteiger partial charge on any atom is -0.00791 e. The Balaban J connectivity index is 0.000000882. The van der Waals surface area contributed by atoms with Gasteiger partial charge in [0.15, 0.2) is 0 Å². The van der Waals surface area contributed by atoms with Crippen LogP contribution in [-0.2, 0) is 0 Å². The Morgan fingerprint density at radius 1 is 0.913 bits per heavy atom. The highest BCUT2D eigenvalue weighted by Gasteiger charge is 2.61. The van der Waals surface area contributed by atoms with Gasteiger partial charge in [-0.1, -0.05) is 46.3 Å². The van der Waals surface area contributed by atoms with Gasteiger partial charge in [0.05, 0.1) is 0 Å². The van der Waals surface area contributed by atoms with Crippen molar-refractivity contribution >= 4 is 40.5 Å². The third-order valence-corrected chi connectivity index (χ3v) is 8.17. The Hall–Kier alpha value is 0.790. The van der Waals surface area contributed by atoms with E-state index >= 15 is 0 Å². The lowest BCUT2D eigenvalue weighted by atomic mass is 9.43. The molecule has 4 aliphatic carbocycles. The lowest BCUT2D eigenvalue weighted by Crippen LogP contribution is -2.53. The van der Waals surface area contributed by atoms with Crippen LogP contribution in [0.4, 0.5) is 0 Å². The average molecular weight is 375 g/mol. The molecule has 23 heavy (non-hydrogen) atoms. The van der Waals surface area contributed by atoms with Gasteiger partial charge in [0.25, 0.3) is 0 Å². The molecule has 0 aliphatic heterocycles. The second-order valence-electron chi connectivity index (χ2n) is 9.69. The van der Waals surface area contributed by atoms with Gasteiger partial charge in [-0.25, -0.2) is 0 Å². The van der Waals surface area contributed by atoms with Gasteiger partial charge in [-0.3, -0.25) is 0 Å². The molecule has 3 unspecified atom stereocenters. The summed E-state index contributed by atoms with van der Waals surface area (Å²) in [6, 6.07) is 0. The summed E-state index contributed by atoms with van der Waals surface area (Å²) < 4.78 is 0. The van der Waals surface area contributed by atoms with Crippen molar-refractivity contribution in [1.29, 1.82) is 0 Å². The molecule has 0 aromatic carbocycles. The summed E-state index contributed by atoms with van der Waals surface area (Å²) in [5, 5.41) is 0. The van der Waals surface area contributed by atoms with Crippen molar-refractivity contribution < 1.29 is 0 Å². The van der Waals surface area contributed by atoms with E-state index in [9.17, 15) is 0 Å². The molecule has 136 valence electrons. The topological polar surface area (TPSA) is 0 Å². The number of hydrogen-bond donors (Lipinski definition) is 0.